The lowest BCUT2D eigenvalue weighted by Crippen LogP contribution is -2.47. The first-order valence-corrected chi connectivity index (χ1v) is 11.6. The number of fused-ring (bicyclic) bond motifs is 5. The Bertz CT molecular complexity index is 844. The molecule has 0 radical (unpaired) electrons. The standard InChI is InChI=1S/C26H38O5/c1-24(2,28-6)30-16-8-9-17-18-12-13-26(5)21(19(18)15-22(27)20(17)14-16)10-11-23(26)31-25(3,4)29-7/h8-9,14,18-19,21,23H,10-13,15H2,1-7H3/t18?,19?,21?,23?,26-/m0/s1. The van der Waals surface area contributed by atoms with Gasteiger partial charge in [-0.2, -0.15) is 0 Å². The van der Waals surface area contributed by atoms with Crippen molar-refractivity contribution < 1.29 is 23.7 Å². The number of benzene rings is 1. The molecule has 172 valence electrons. The summed E-state index contributed by atoms with van der Waals surface area (Å²) < 4.78 is 23.3. The predicted octanol–water partition coefficient (Wildman–Crippen LogP) is 5.71. The molecule has 0 amide bonds. The molecular formula is C26H38O5. The fourth-order valence-corrected chi connectivity index (χ4v) is 6.31. The highest BCUT2D eigenvalue weighted by molar-refractivity contribution is 5.99. The lowest BCUT2D eigenvalue weighted by molar-refractivity contribution is -0.245. The second-order valence-electron chi connectivity index (χ2n) is 10.8. The number of ether oxygens (including phenoxy) is 4. The second-order valence-corrected chi connectivity index (χ2v) is 10.8. The zero-order valence-corrected chi connectivity index (χ0v) is 20.1. The van der Waals surface area contributed by atoms with Crippen molar-refractivity contribution in [3.05, 3.63) is 29.3 Å². The van der Waals surface area contributed by atoms with Crippen LogP contribution in [0.2, 0.25) is 0 Å². The van der Waals surface area contributed by atoms with E-state index in [9.17, 15) is 4.79 Å². The molecule has 0 saturated heterocycles. The molecule has 0 bridgehead atoms. The van der Waals surface area contributed by atoms with Gasteiger partial charge in [-0.15, -0.1) is 0 Å². The smallest absolute Gasteiger partial charge is 0.204 e. The Morgan fingerprint density at radius 1 is 1.00 bits per heavy atom. The Hall–Kier alpha value is -1.43. The maximum absolute atomic E-state index is 13.2. The van der Waals surface area contributed by atoms with E-state index in [2.05, 4.69) is 13.0 Å². The first-order valence-electron chi connectivity index (χ1n) is 11.6. The Kier molecular flexibility index (Phi) is 5.77. The zero-order chi connectivity index (χ0) is 22.6. The summed E-state index contributed by atoms with van der Waals surface area (Å²) in [6, 6.07) is 6.03. The van der Waals surface area contributed by atoms with Gasteiger partial charge in [-0.3, -0.25) is 4.79 Å². The number of carbonyl (C=O) groups excluding carboxylic acids is 1. The van der Waals surface area contributed by atoms with Gasteiger partial charge in [0.2, 0.25) is 5.79 Å². The van der Waals surface area contributed by atoms with Gasteiger partial charge in [0.25, 0.3) is 0 Å². The van der Waals surface area contributed by atoms with Gasteiger partial charge in [-0.25, -0.2) is 0 Å². The fourth-order valence-electron chi connectivity index (χ4n) is 6.31. The van der Waals surface area contributed by atoms with Crippen LogP contribution in [-0.2, 0) is 14.2 Å². The summed E-state index contributed by atoms with van der Waals surface area (Å²) in [6.45, 7) is 10.1. The van der Waals surface area contributed by atoms with Crippen LogP contribution in [0.5, 0.6) is 5.75 Å². The largest absolute Gasteiger partial charge is 0.463 e. The van der Waals surface area contributed by atoms with Crippen LogP contribution in [0.4, 0.5) is 0 Å². The summed E-state index contributed by atoms with van der Waals surface area (Å²) in [5.41, 5.74) is 2.13. The normalized spacial score (nSPS) is 32.9. The third-order valence-electron chi connectivity index (χ3n) is 8.27. The molecule has 3 aliphatic rings. The molecule has 0 heterocycles. The van der Waals surface area contributed by atoms with E-state index < -0.39 is 11.6 Å². The first-order chi connectivity index (χ1) is 14.5. The van der Waals surface area contributed by atoms with Crippen molar-refractivity contribution in [2.75, 3.05) is 14.2 Å². The minimum atomic E-state index is -0.726. The van der Waals surface area contributed by atoms with Crippen molar-refractivity contribution in [1.82, 2.24) is 0 Å². The number of rotatable bonds is 6. The highest BCUT2D eigenvalue weighted by Gasteiger charge is 2.57. The Morgan fingerprint density at radius 2 is 1.71 bits per heavy atom. The van der Waals surface area contributed by atoms with Crippen LogP contribution in [-0.4, -0.2) is 37.7 Å². The molecule has 0 aliphatic heterocycles. The van der Waals surface area contributed by atoms with Gasteiger partial charge in [-0.1, -0.05) is 13.0 Å². The molecule has 0 N–H and O–H groups in total. The van der Waals surface area contributed by atoms with Crippen LogP contribution in [0.3, 0.4) is 0 Å². The molecule has 0 spiro atoms. The summed E-state index contributed by atoms with van der Waals surface area (Å²) in [5, 5.41) is 0. The first kappa shape index (κ1) is 22.8. The van der Waals surface area contributed by atoms with Gasteiger partial charge in [0.05, 0.1) is 6.10 Å². The van der Waals surface area contributed by atoms with Gasteiger partial charge >= 0.3 is 0 Å². The van der Waals surface area contributed by atoms with E-state index in [0.717, 1.165) is 31.2 Å². The fraction of sp³-hybridized carbons (Fsp3) is 0.731. The summed E-state index contributed by atoms with van der Waals surface area (Å²) in [6.07, 6.45) is 5.17. The Morgan fingerprint density at radius 3 is 2.39 bits per heavy atom. The number of ketones is 1. The molecule has 4 unspecified atom stereocenters. The molecule has 5 heteroatoms. The van der Waals surface area contributed by atoms with Crippen LogP contribution in [0.15, 0.2) is 18.2 Å². The maximum atomic E-state index is 13.2. The lowest BCUT2D eigenvalue weighted by Gasteiger charge is -2.51. The highest BCUT2D eigenvalue weighted by atomic mass is 16.7. The van der Waals surface area contributed by atoms with Gasteiger partial charge in [0.15, 0.2) is 11.6 Å². The van der Waals surface area contributed by atoms with E-state index >= 15 is 0 Å². The van der Waals surface area contributed by atoms with Crippen molar-refractivity contribution in [2.45, 2.75) is 90.3 Å². The van der Waals surface area contributed by atoms with Crippen LogP contribution in [0, 0.1) is 17.3 Å². The van der Waals surface area contributed by atoms with Crippen molar-refractivity contribution in [3.63, 3.8) is 0 Å². The average molecular weight is 431 g/mol. The van der Waals surface area contributed by atoms with Crippen molar-refractivity contribution in [1.29, 1.82) is 0 Å². The van der Waals surface area contributed by atoms with Crippen molar-refractivity contribution >= 4 is 5.78 Å². The molecular weight excluding hydrogens is 392 g/mol. The third-order valence-corrected chi connectivity index (χ3v) is 8.27. The second kappa shape index (κ2) is 7.86. The molecule has 5 atom stereocenters. The molecule has 5 nitrogen and oxygen atoms in total. The minimum Gasteiger partial charge on any atom is -0.463 e. The molecule has 4 rings (SSSR count). The Balaban J connectivity index is 1.59. The molecule has 31 heavy (non-hydrogen) atoms. The van der Waals surface area contributed by atoms with E-state index in [1.54, 1.807) is 14.2 Å². The quantitative estimate of drug-likeness (QED) is 0.541. The van der Waals surface area contributed by atoms with Crippen molar-refractivity contribution in [3.8, 4) is 5.75 Å². The number of methoxy groups -OCH3 is 2. The van der Waals surface area contributed by atoms with E-state index in [0.29, 0.717) is 29.9 Å². The van der Waals surface area contributed by atoms with E-state index in [1.807, 2.05) is 39.8 Å². The monoisotopic (exact) mass is 430 g/mol. The predicted molar refractivity (Wildman–Crippen MR) is 119 cm³/mol. The summed E-state index contributed by atoms with van der Waals surface area (Å²) in [5.74, 6) is 0.947. The molecule has 3 aliphatic carbocycles. The molecule has 0 aromatic heterocycles. The molecule has 2 saturated carbocycles. The van der Waals surface area contributed by atoms with Crippen LogP contribution in [0.25, 0.3) is 0 Å². The molecule has 2 fully saturated rings. The van der Waals surface area contributed by atoms with Gasteiger partial charge in [-0.05, 0) is 80.4 Å². The highest BCUT2D eigenvalue weighted by Crippen LogP contribution is 2.62. The van der Waals surface area contributed by atoms with Crippen LogP contribution >= 0.6 is 0 Å². The molecule has 1 aromatic carbocycles. The van der Waals surface area contributed by atoms with Crippen LogP contribution < -0.4 is 4.74 Å². The average Bonchev–Trinajstić information content (AvgIpc) is 3.04. The lowest BCUT2D eigenvalue weighted by atomic mass is 9.55. The summed E-state index contributed by atoms with van der Waals surface area (Å²) in [4.78, 5) is 13.2. The number of Topliss-reactive ketones (excluding diaryl/α,β-unsaturated/α-hetero) is 1. The summed E-state index contributed by atoms with van der Waals surface area (Å²) in [7, 11) is 3.33. The third kappa shape index (κ3) is 4.05. The topological polar surface area (TPSA) is 54.0 Å². The van der Waals surface area contributed by atoms with Gasteiger partial charge in [0.1, 0.15) is 5.75 Å². The SMILES string of the molecule is COC(C)(C)Oc1ccc2c(c1)C(=O)CC1C2CC[C@]2(C)C(OC(C)(C)OC)CCC12. The van der Waals surface area contributed by atoms with Gasteiger partial charge < -0.3 is 18.9 Å². The van der Waals surface area contributed by atoms with E-state index in [1.165, 1.54) is 5.56 Å². The number of carbonyl (C=O) groups is 1. The maximum Gasteiger partial charge on any atom is 0.204 e. The van der Waals surface area contributed by atoms with Crippen molar-refractivity contribution in [2.24, 2.45) is 17.3 Å². The zero-order valence-electron chi connectivity index (χ0n) is 20.1. The minimum absolute atomic E-state index is 0.0975. The van der Waals surface area contributed by atoms with Crippen LogP contribution in [0.1, 0.15) is 88.6 Å². The molecule has 1 aromatic rings. The Labute approximate surface area is 186 Å². The van der Waals surface area contributed by atoms with E-state index in [4.69, 9.17) is 18.9 Å². The number of hydrogen-bond donors (Lipinski definition) is 0. The van der Waals surface area contributed by atoms with E-state index in [-0.39, 0.29) is 17.3 Å². The number of hydrogen-bond acceptors (Lipinski definition) is 5. The van der Waals surface area contributed by atoms with Gasteiger partial charge in [0, 0.05) is 40.1 Å². The summed E-state index contributed by atoms with van der Waals surface area (Å²) >= 11 is 0.